The lowest BCUT2D eigenvalue weighted by Gasteiger charge is -2.35. The molecular weight excluding hydrogens is 370 g/mol. The van der Waals surface area contributed by atoms with E-state index in [0.29, 0.717) is 0 Å². The highest BCUT2D eigenvalue weighted by atomic mass is 32.1. The van der Waals surface area contributed by atoms with Crippen LogP contribution >= 0.6 is 11.3 Å². The molecule has 1 aromatic carbocycles. The maximum absolute atomic E-state index is 12.6. The molecule has 0 radical (unpaired) electrons. The number of hydrogen-bond acceptors (Lipinski definition) is 4. The van der Waals surface area contributed by atoms with Gasteiger partial charge in [0, 0.05) is 55.8 Å². The summed E-state index contributed by atoms with van der Waals surface area (Å²) >= 11 is 1.65. The first-order valence-electron chi connectivity index (χ1n) is 9.61. The third kappa shape index (κ3) is 5.78. The highest BCUT2D eigenvalue weighted by Gasteiger charge is 2.21. The minimum Gasteiger partial charge on any atom is -0.336 e. The molecular formula is C22H27N3O2S. The number of anilines is 1. The van der Waals surface area contributed by atoms with Crippen LogP contribution in [0.25, 0.3) is 6.08 Å². The zero-order chi connectivity index (χ0) is 19.9. The van der Waals surface area contributed by atoms with E-state index in [9.17, 15) is 9.59 Å². The summed E-state index contributed by atoms with van der Waals surface area (Å²) in [6.07, 6.45) is 2.94. The second-order valence-electron chi connectivity index (χ2n) is 7.10. The van der Waals surface area contributed by atoms with Gasteiger partial charge in [-0.05, 0) is 48.6 Å². The Morgan fingerprint density at radius 2 is 1.79 bits per heavy atom. The number of hydrogen-bond donors (Lipinski definition) is 1. The zero-order valence-electron chi connectivity index (χ0n) is 16.5. The van der Waals surface area contributed by atoms with Crippen molar-refractivity contribution in [2.75, 3.05) is 38.0 Å². The van der Waals surface area contributed by atoms with E-state index in [1.54, 1.807) is 11.3 Å². The van der Waals surface area contributed by atoms with Gasteiger partial charge in [0.15, 0.2) is 0 Å². The molecule has 2 heterocycles. The van der Waals surface area contributed by atoms with E-state index in [1.807, 2.05) is 47.5 Å². The largest absolute Gasteiger partial charge is 0.336 e. The lowest BCUT2D eigenvalue weighted by atomic mass is 10.1. The van der Waals surface area contributed by atoms with Crippen molar-refractivity contribution in [3.05, 3.63) is 57.8 Å². The number of carbonyl (C=O) groups is 2. The summed E-state index contributed by atoms with van der Waals surface area (Å²) in [7, 11) is 0. The molecule has 1 aliphatic heterocycles. The SMILES string of the molecule is CC(=O)Nc1ccc(CCN2CCN(C(=O)/C(C)=C/c3cccs3)CC2)cc1. The Labute approximate surface area is 170 Å². The first-order chi connectivity index (χ1) is 13.5. The number of carbonyl (C=O) groups excluding carboxylic acids is 2. The van der Waals surface area contributed by atoms with Gasteiger partial charge in [0.05, 0.1) is 0 Å². The van der Waals surface area contributed by atoms with Crippen molar-refractivity contribution < 1.29 is 9.59 Å². The molecule has 1 aliphatic rings. The molecule has 2 aromatic rings. The van der Waals surface area contributed by atoms with Gasteiger partial charge in [-0.25, -0.2) is 0 Å². The molecule has 0 spiro atoms. The van der Waals surface area contributed by atoms with Crippen molar-refractivity contribution in [2.45, 2.75) is 20.3 Å². The number of nitrogens with zero attached hydrogens (tertiary/aromatic N) is 2. The van der Waals surface area contributed by atoms with Crippen LogP contribution < -0.4 is 5.32 Å². The standard InChI is InChI=1S/C22H27N3O2S/c1-17(16-21-4-3-15-28-21)22(27)25-13-11-24(12-14-25)10-9-19-5-7-20(8-6-19)23-18(2)26/h3-8,15-16H,9-14H2,1-2H3,(H,23,26)/b17-16+. The fraction of sp³-hybridized carbons (Fsp3) is 0.364. The van der Waals surface area contributed by atoms with Crippen LogP contribution in [0.15, 0.2) is 47.4 Å². The Kier molecular flexibility index (Phi) is 7.01. The van der Waals surface area contributed by atoms with Gasteiger partial charge in [0.25, 0.3) is 0 Å². The zero-order valence-corrected chi connectivity index (χ0v) is 17.3. The summed E-state index contributed by atoms with van der Waals surface area (Å²) in [6.45, 7) is 7.75. The Bertz CT molecular complexity index is 820. The third-order valence-electron chi connectivity index (χ3n) is 4.89. The van der Waals surface area contributed by atoms with E-state index in [0.717, 1.165) is 55.3 Å². The van der Waals surface area contributed by atoms with Crippen LogP contribution in [0.3, 0.4) is 0 Å². The highest BCUT2D eigenvalue weighted by Crippen LogP contribution is 2.16. The highest BCUT2D eigenvalue weighted by molar-refractivity contribution is 7.10. The molecule has 1 saturated heterocycles. The van der Waals surface area contributed by atoms with E-state index in [1.165, 1.54) is 12.5 Å². The normalized spacial score (nSPS) is 15.5. The van der Waals surface area contributed by atoms with Crippen LogP contribution in [-0.4, -0.2) is 54.3 Å². The van der Waals surface area contributed by atoms with Crippen LogP contribution in [0.5, 0.6) is 0 Å². The lowest BCUT2D eigenvalue weighted by molar-refractivity contribution is -0.128. The van der Waals surface area contributed by atoms with E-state index in [-0.39, 0.29) is 11.8 Å². The third-order valence-corrected chi connectivity index (χ3v) is 5.71. The van der Waals surface area contributed by atoms with Crippen molar-refractivity contribution in [1.82, 2.24) is 9.80 Å². The van der Waals surface area contributed by atoms with Gasteiger partial charge in [-0.1, -0.05) is 18.2 Å². The maximum Gasteiger partial charge on any atom is 0.249 e. The molecule has 0 aliphatic carbocycles. The van der Waals surface area contributed by atoms with Crippen molar-refractivity contribution in [3.63, 3.8) is 0 Å². The van der Waals surface area contributed by atoms with Crippen LogP contribution in [0.2, 0.25) is 0 Å². The quantitative estimate of drug-likeness (QED) is 0.759. The molecule has 0 saturated carbocycles. The number of rotatable bonds is 6. The van der Waals surface area contributed by atoms with E-state index in [4.69, 9.17) is 0 Å². The average molecular weight is 398 g/mol. The maximum atomic E-state index is 12.6. The minimum absolute atomic E-state index is 0.0550. The van der Waals surface area contributed by atoms with Crippen molar-refractivity contribution in [2.24, 2.45) is 0 Å². The first kappa shape index (κ1) is 20.3. The number of thiophene rings is 1. The molecule has 1 fully saturated rings. The van der Waals surface area contributed by atoms with Crippen LogP contribution in [0, 0.1) is 0 Å². The van der Waals surface area contributed by atoms with E-state index >= 15 is 0 Å². The summed E-state index contributed by atoms with van der Waals surface area (Å²) in [5.74, 6) is 0.0854. The van der Waals surface area contributed by atoms with Gasteiger partial charge < -0.3 is 10.2 Å². The lowest BCUT2D eigenvalue weighted by Crippen LogP contribution is -2.49. The monoisotopic (exact) mass is 397 g/mol. The minimum atomic E-state index is -0.0550. The number of nitrogens with one attached hydrogen (secondary N) is 1. The molecule has 2 amide bonds. The Morgan fingerprint density at radius 1 is 1.07 bits per heavy atom. The predicted molar refractivity (Wildman–Crippen MR) is 115 cm³/mol. The Morgan fingerprint density at radius 3 is 2.39 bits per heavy atom. The van der Waals surface area contributed by atoms with Gasteiger partial charge in [-0.2, -0.15) is 0 Å². The topological polar surface area (TPSA) is 52.7 Å². The Hall–Kier alpha value is -2.44. The number of benzene rings is 1. The predicted octanol–water partition coefficient (Wildman–Crippen LogP) is 3.50. The fourth-order valence-corrected chi connectivity index (χ4v) is 4.03. The summed E-state index contributed by atoms with van der Waals surface area (Å²) in [5.41, 5.74) is 2.88. The molecule has 5 nitrogen and oxygen atoms in total. The van der Waals surface area contributed by atoms with Gasteiger partial charge in [0.2, 0.25) is 11.8 Å². The molecule has 0 atom stereocenters. The number of piperazine rings is 1. The van der Waals surface area contributed by atoms with E-state index in [2.05, 4.69) is 22.3 Å². The molecule has 6 heteroatoms. The van der Waals surface area contributed by atoms with Gasteiger partial charge in [0.1, 0.15) is 0 Å². The second-order valence-corrected chi connectivity index (χ2v) is 8.08. The molecule has 1 aromatic heterocycles. The molecule has 0 unspecified atom stereocenters. The van der Waals surface area contributed by atoms with Crippen LogP contribution in [0.1, 0.15) is 24.3 Å². The van der Waals surface area contributed by atoms with E-state index < -0.39 is 0 Å². The molecule has 1 N–H and O–H groups in total. The first-order valence-corrected chi connectivity index (χ1v) is 10.5. The molecule has 3 rings (SSSR count). The second kappa shape index (κ2) is 9.66. The van der Waals surface area contributed by atoms with Crippen molar-refractivity contribution >= 4 is 34.9 Å². The van der Waals surface area contributed by atoms with Crippen LogP contribution in [0.4, 0.5) is 5.69 Å². The van der Waals surface area contributed by atoms with Crippen molar-refractivity contribution in [1.29, 1.82) is 0 Å². The average Bonchev–Trinajstić information content (AvgIpc) is 3.20. The molecule has 0 bridgehead atoms. The van der Waals surface area contributed by atoms with Crippen molar-refractivity contribution in [3.8, 4) is 0 Å². The van der Waals surface area contributed by atoms with Gasteiger partial charge in [-0.3, -0.25) is 14.5 Å². The Balaban J connectivity index is 1.44. The summed E-state index contributed by atoms with van der Waals surface area (Å²) in [5, 5.41) is 4.81. The van der Waals surface area contributed by atoms with Gasteiger partial charge in [-0.15, -0.1) is 11.3 Å². The summed E-state index contributed by atoms with van der Waals surface area (Å²) in [4.78, 5) is 29.2. The fourth-order valence-electron chi connectivity index (χ4n) is 3.32. The number of amides is 2. The van der Waals surface area contributed by atoms with Crippen LogP contribution in [-0.2, 0) is 16.0 Å². The summed E-state index contributed by atoms with van der Waals surface area (Å²) in [6, 6.07) is 12.0. The van der Waals surface area contributed by atoms with Gasteiger partial charge >= 0.3 is 0 Å². The molecule has 148 valence electrons. The summed E-state index contributed by atoms with van der Waals surface area (Å²) < 4.78 is 0. The molecule has 28 heavy (non-hydrogen) atoms. The smallest absolute Gasteiger partial charge is 0.249 e.